The molecule has 1 aromatic carbocycles. The Labute approximate surface area is 192 Å². The van der Waals surface area contributed by atoms with Crippen LogP contribution < -0.4 is 15.0 Å². The number of benzene rings is 1. The number of carbonyl (C=O) groups excluding carboxylic acids is 1. The van der Waals surface area contributed by atoms with Gasteiger partial charge in [0.05, 0.1) is 24.8 Å². The summed E-state index contributed by atoms with van der Waals surface area (Å²) in [5, 5.41) is 2.27. The summed E-state index contributed by atoms with van der Waals surface area (Å²) >= 11 is 0. The van der Waals surface area contributed by atoms with Crippen LogP contribution in [0.25, 0.3) is 0 Å². The number of rotatable bonds is 9. The number of carbonyl (C=O) groups is 1. The number of hydrogen-bond acceptors (Lipinski definition) is 5. The van der Waals surface area contributed by atoms with Crippen LogP contribution in [0.4, 0.5) is 24.8 Å². The normalized spacial score (nSPS) is 19.2. The lowest BCUT2D eigenvalue weighted by Crippen LogP contribution is -2.52. The molecule has 0 bridgehead atoms. The molecule has 0 aliphatic carbocycles. The Morgan fingerprint density at radius 1 is 1.24 bits per heavy atom. The molecular formula is C24H31F3N4O2. The highest BCUT2D eigenvalue weighted by Crippen LogP contribution is 2.44. The van der Waals surface area contributed by atoms with Gasteiger partial charge in [0.15, 0.2) is 0 Å². The standard InChI is InChI=1S/C24H31F3N4O2/c1-5-11-23(12-16(3)6-2)20-17(13-28-22(30-20)29-15-24(25,26)27)14-31(21(23)32)18-7-9-19(33-4)10-8-18/h7-10,13,16H,5-6,11-12,14-15H2,1-4H3,(H,28,29,30). The summed E-state index contributed by atoms with van der Waals surface area (Å²) in [7, 11) is 1.58. The van der Waals surface area contributed by atoms with E-state index >= 15 is 0 Å². The minimum Gasteiger partial charge on any atom is -0.497 e. The van der Waals surface area contributed by atoms with Gasteiger partial charge in [0.2, 0.25) is 11.9 Å². The van der Waals surface area contributed by atoms with Crippen molar-refractivity contribution in [3.63, 3.8) is 0 Å². The SMILES string of the molecule is CCCC1(CC(C)CC)C(=O)N(c2ccc(OC)cc2)Cc2cnc(NCC(F)(F)F)nc21. The lowest BCUT2D eigenvalue weighted by molar-refractivity contribution is -0.126. The average molecular weight is 465 g/mol. The van der Waals surface area contributed by atoms with E-state index in [4.69, 9.17) is 4.74 Å². The van der Waals surface area contributed by atoms with Gasteiger partial charge in [-0.05, 0) is 43.0 Å². The summed E-state index contributed by atoms with van der Waals surface area (Å²) in [5.41, 5.74) is 1.09. The first-order valence-corrected chi connectivity index (χ1v) is 11.3. The molecule has 33 heavy (non-hydrogen) atoms. The number of anilines is 2. The van der Waals surface area contributed by atoms with E-state index in [1.165, 1.54) is 0 Å². The zero-order valence-corrected chi connectivity index (χ0v) is 19.5. The maximum Gasteiger partial charge on any atom is 0.405 e. The smallest absolute Gasteiger partial charge is 0.405 e. The van der Waals surface area contributed by atoms with E-state index in [-0.39, 0.29) is 24.3 Å². The van der Waals surface area contributed by atoms with Crippen molar-refractivity contribution in [1.82, 2.24) is 9.97 Å². The lowest BCUT2D eigenvalue weighted by atomic mass is 9.69. The Balaban J connectivity index is 2.10. The van der Waals surface area contributed by atoms with Gasteiger partial charge in [0.25, 0.3) is 0 Å². The number of methoxy groups -OCH3 is 1. The molecule has 1 aromatic heterocycles. The van der Waals surface area contributed by atoms with E-state index < -0.39 is 18.1 Å². The molecule has 2 atom stereocenters. The topological polar surface area (TPSA) is 67.4 Å². The number of nitrogens with zero attached hydrogens (tertiary/aromatic N) is 3. The van der Waals surface area contributed by atoms with E-state index in [0.29, 0.717) is 24.3 Å². The second-order valence-corrected chi connectivity index (χ2v) is 8.68. The molecule has 2 aromatic rings. The minimum atomic E-state index is -4.39. The van der Waals surface area contributed by atoms with Crippen molar-refractivity contribution >= 4 is 17.5 Å². The molecule has 3 rings (SSSR count). The van der Waals surface area contributed by atoms with Crippen LogP contribution in [0.1, 0.15) is 57.7 Å². The number of hydrogen-bond donors (Lipinski definition) is 1. The second-order valence-electron chi connectivity index (χ2n) is 8.68. The van der Waals surface area contributed by atoms with Crippen molar-refractivity contribution in [2.45, 2.75) is 64.6 Å². The van der Waals surface area contributed by atoms with Crippen molar-refractivity contribution in [1.29, 1.82) is 0 Å². The zero-order valence-electron chi connectivity index (χ0n) is 19.5. The molecule has 1 N–H and O–H groups in total. The fourth-order valence-corrected chi connectivity index (χ4v) is 4.45. The fourth-order valence-electron chi connectivity index (χ4n) is 4.45. The molecule has 0 spiro atoms. The molecule has 1 amide bonds. The first-order chi connectivity index (χ1) is 15.6. The molecule has 1 aliphatic rings. The van der Waals surface area contributed by atoms with Crippen LogP contribution in [0.2, 0.25) is 0 Å². The Kier molecular flexibility index (Phi) is 7.49. The Bertz CT molecular complexity index is 965. The van der Waals surface area contributed by atoms with Crippen LogP contribution >= 0.6 is 0 Å². The van der Waals surface area contributed by atoms with Gasteiger partial charge < -0.3 is 15.0 Å². The van der Waals surface area contributed by atoms with Gasteiger partial charge in [-0.1, -0.05) is 33.6 Å². The first kappa shape index (κ1) is 24.8. The van der Waals surface area contributed by atoms with Crippen LogP contribution in [0.3, 0.4) is 0 Å². The Morgan fingerprint density at radius 2 is 1.94 bits per heavy atom. The van der Waals surface area contributed by atoms with Gasteiger partial charge >= 0.3 is 6.18 Å². The molecule has 2 heterocycles. The number of amides is 1. The summed E-state index contributed by atoms with van der Waals surface area (Å²) in [6.07, 6.45) is -0.131. The van der Waals surface area contributed by atoms with Crippen molar-refractivity contribution in [3.8, 4) is 5.75 Å². The van der Waals surface area contributed by atoms with E-state index in [0.717, 1.165) is 24.1 Å². The number of fused-ring (bicyclic) bond motifs is 1. The summed E-state index contributed by atoms with van der Waals surface area (Å²) < 4.78 is 43.5. The highest BCUT2D eigenvalue weighted by atomic mass is 19.4. The minimum absolute atomic E-state index is 0.0808. The molecule has 0 saturated carbocycles. The average Bonchev–Trinajstić information content (AvgIpc) is 2.79. The largest absolute Gasteiger partial charge is 0.497 e. The van der Waals surface area contributed by atoms with Crippen LogP contribution in [-0.4, -0.2) is 35.7 Å². The summed E-state index contributed by atoms with van der Waals surface area (Å²) in [6, 6.07) is 7.27. The third-order valence-corrected chi connectivity index (χ3v) is 6.20. The Morgan fingerprint density at radius 3 is 2.52 bits per heavy atom. The number of ether oxygens (including phenoxy) is 1. The van der Waals surface area contributed by atoms with Crippen molar-refractivity contribution in [3.05, 3.63) is 41.7 Å². The predicted octanol–water partition coefficient (Wildman–Crippen LogP) is 5.48. The molecule has 6 nitrogen and oxygen atoms in total. The first-order valence-electron chi connectivity index (χ1n) is 11.3. The zero-order chi connectivity index (χ0) is 24.2. The highest BCUT2D eigenvalue weighted by Gasteiger charge is 2.49. The van der Waals surface area contributed by atoms with Gasteiger partial charge in [-0.25, -0.2) is 9.97 Å². The third kappa shape index (κ3) is 5.39. The number of alkyl halides is 3. The quantitative estimate of drug-likeness (QED) is 0.532. The number of halogens is 3. The molecule has 1 aliphatic heterocycles. The van der Waals surface area contributed by atoms with Crippen LogP contribution in [0.15, 0.2) is 30.5 Å². The van der Waals surface area contributed by atoms with Gasteiger partial charge in [-0.3, -0.25) is 4.79 Å². The number of nitrogens with one attached hydrogen (secondary N) is 1. The molecule has 2 unspecified atom stereocenters. The second kappa shape index (κ2) is 9.97. The maximum absolute atomic E-state index is 14.1. The third-order valence-electron chi connectivity index (χ3n) is 6.20. The molecule has 9 heteroatoms. The van der Waals surface area contributed by atoms with E-state index in [1.807, 2.05) is 19.1 Å². The van der Waals surface area contributed by atoms with Gasteiger partial charge in [0, 0.05) is 17.4 Å². The highest BCUT2D eigenvalue weighted by molar-refractivity contribution is 6.02. The lowest BCUT2D eigenvalue weighted by Gasteiger charge is -2.43. The predicted molar refractivity (Wildman–Crippen MR) is 121 cm³/mol. The molecule has 0 radical (unpaired) electrons. The summed E-state index contributed by atoms with van der Waals surface area (Å²) in [4.78, 5) is 24.4. The van der Waals surface area contributed by atoms with Crippen LogP contribution in [0, 0.1) is 5.92 Å². The van der Waals surface area contributed by atoms with Crippen LogP contribution in [0.5, 0.6) is 5.75 Å². The van der Waals surface area contributed by atoms with Crippen molar-refractivity contribution < 1.29 is 22.7 Å². The monoisotopic (exact) mass is 464 g/mol. The Hall–Kier alpha value is -2.84. The summed E-state index contributed by atoms with van der Waals surface area (Å²) in [6.45, 7) is 5.17. The number of aromatic nitrogens is 2. The molecule has 0 fully saturated rings. The van der Waals surface area contributed by atoms with Gasteiger partial charge in [-0.2, -0.15) is 13.2 Å². The fraction of sp³-hybridized carbons (Fsp3) is 0.542. The summed E-state index contributed by atoms with van der Waals surface area (Å²) in [5.74, 6) is 0.724. The van der Waals surface area contributed by atoms with E-state index in [2.05, 4.69) is 29.1 Å². The van der Waals surface area contributed by atoms with Crippen molar-refractivity contribution in [2.24, 2.45) is 5.92 Å². The van der Waals surface area contributed by atoms with Gasteiger partial charge in [0.1, 0.15) is 12.3 Å². The maximum atomic E-state index is 14.1. The molecular weight excluding hydrogens is 433 g/mol. The van der Waals surface area contributed by atoms with E-state index in [9.17, 15) is 18.0 Å². The van der Waals surface area contributed by atoms with Crippen molar-refractivity contribution in [2.75, 3.05) is 23.9 Å². The molecule has 180 valence electrons. The molecule has 0 saturated heterocycles. The van der Waals surface area contributed by atoms with Gasteiger partial charge in [-0.15, -0.1) is 0 Å². The van der Waals surface area contributed by atoms with E-state index in [1.54, 1.807) is 30.3 Å². The van der Waals surface area contributed by atoms with Crippen LogP contribution in [-0.2, 0) is 16.8 Å².